The van der Waals surface area contributed by atoms with Crippen LogP contribution < -0.4 is 0 Å². The Hall–Kier alpha value is -3.72. The highest BCUT2D eigenvalue weighted by Gasteiger charge is 2.48. The Morgan fingerprint density at radius 2 is 1.97 bits per heavy atom. The predicted molar refractivity (Wildman–Crippen MR) is 130 cm³/mol. The average Bonchev–Trinajstić information content (AvgIpc) is 3.21. The molecule has 2 aromatic carbocycles. The van der Waals surface area contributed by atoms with Crippen LogP contribution in [0.25, 0.3) is 10.9 Å². The first-order valence-corrected chi connectivity index (χ1v) is 11.9. The molecule has 0 radical (unpaired) electrons. The Labute approximate surface area is 202 Å². The van der Waals surface area contributed by atoms with Gasteiger partial charge in [-0.1, -0.05) is 30.3 Å². The summed E-state index contributed by atoms with van der Waals surface area (Å²) in [6.07, 6.45) is 1.16. The summed E-state index contributed by atoms with van der Waals surface area (Å²) in [4.78, 5) is 44.9. The zero-order valence-electron chi connectivity index (χ0n) is 19.8. The number of nitro benzene ring substituents is 1. The summed E-state index contributed by atoms with van der Waals surface area (Å²) in [6, 6.07) is 12.9. The van der Waals surface area contributed by atoms with E-state index in [0.717, 1.165) is 22.2 Å². The number of ether oxygens (including phenoxy) is 1. The molecular weight excluding hydrogens is 448 g/mol. The van der Waals surface area contributed by atoms with Gasteiger partial charge in [-0.2, -0.15) is 0 Å². The van der Waals surface area contributed by atoms with Gasteiger partial charge < -0.3 is 19.5 Å². The lowest BCUT2D eigenvalue weighted by molar-refractivity contribution is -0.384. The second kappa shape index (κ2) is 9.14. The monoisotopic (exact) mass is 476 g/mol. The largest absolute Gasteiger partial charge is 0.379 e. The van der Waals surface area contributed by atoms with Crippen molar-refractivity contribution in [3.05, 3.63) is 75.5 Å². The van der Waals surface area contributed by atoms with Gasteiger partial charge in [0.1, 0.15) is 6.04 Å². The fourth-order valence-electron chi connectivity index (χ4n) is 5.24. The number of carbonyl (C=O) groups excluding carboxylic acids is 2. The number of benzene rings is 2. The van der Waals surface area contributed by atoms with Crippen molar-refractivity contribution in [3.8, 4) is 0 Å². The average molecular weight is 477 g/mol. The molecular formula is C26H28N4O5. The maximum atomic E-state index is 13.6. The van der Waals surface area contributed by atoms with Crippen LogP contribution in [0.1, 0.15) is 43.1 Å². The van der Waals surface area contributed by atoms with E-state index in [-0.39, 0.29) is 30.2 Å². The molecule has 3 heterocycles. The van der Waals surface area contributed by atoms with E-state index in [1.54, 1.807) is 21.9 Å². The zero-order chi connectivity index (χ0) is 24.7. The van der Waals surface area contributed by atoms with Crippen LogP contribution in [0, 0.1) is 10.1 Å². The summed E-state index contributed by atoms with van der Waals surface area (Å²) < 4.78 is 5.60. The van der Waals surface area contributed by atoms with E-state index in [2.05, 4.69) is 4.98 Å². The molecule has 0 aliphatic carbocycles. The van der Waals surface area contributed by atoms with E-state index in [1.807, 2.05) is 38.1 Å². The molecule has 2 amide bonds. The van der Waals surface area contributed by atoms with Gasteiger partial charge in [-0.3, -0.25) is 19.7 Å². The number of nitro groups is 1. The van der Waals surface area contributed by atoms with Gasteiger partial charge in [0.15, 0.2) is 0 Å². The number of fused-ring (bicyclic) bond motifs is 4. The van der Waals surface area contributed by atoms with Crippen molar-refractivity contribution in [2.45, 2.75) is 44.9 Å². The van der Waals surface area contributed by atoms with Crippen molar-refractivity contribution in [3.63, 3.8) is 0 Å². The van der Waals surface area contributed by atoms with Crippen LogP contribution in [-0.2, 0) is 20.7 Å². The zero-order valence-corrected chi connectivity index (χ0v) is 19.8. The summed E-state index contributed by atoms with van der Waals surface area (Å²) in [5.41, 5.74) is 3.25. The molecule has 0 bridgehead atoms. The Morgan fingerprint density at radius 1 is 1.17 bits per heavy atom. The van der Waals surface area contributed by atoms with Gasteiger partial charge in [0.05, 0.1) is 23.6 Å². The smallest absolute Gasteiger partial charge is 0.269 e. The first-order chi connectivity index (χ1) is 16.8. The molecule has 2 atom stereocenters. The maximum absolute atomic E-state index is 13.6. The van der Waals surface area contributed by atoms with E-state index in [0.29, 0.717) is 31.6 Å². The number of nitrogens with zero attached hydrogens (tertiary/aromatic N) is 3. The van der Waals surface area contributed by atoms with Crippen molar-refractivity contribution < 1.29 is 19.2 Å². The summed E-state index contributed by atoms with van der Waals surface area (Å²) in [5.74, 6) is -0.263. The van der Waals surface area contributed by atoms with Crippen LogP contribution in [0.3, 0.4) is 0 Å². The van der Waals surface area contributed by atoms with Crippen molar-refractivity contribution >= 4 is 28.4 Å². The van der Waals surface area contributed by atoms with Gasteiger partial charge in [-0.25, -0.2) is 0 Å². The molecule has 35 heavy (non-hydrogen) atoms. The lowest BCUT2D eigenvalue weighted by atomic mass is 9.86. The number of aromatic nitrogens is 1. The number of non-ortho nitro benzene ring substituents is 1. The first kappa shape index (κ1) is 23.0. The fourth-order valence-corrected chi connectivity index (χ4v) is 5.24. The molecule has 0 saturated carbocycles. The maximum Gasteiger partial charge on any atom is 0.269 e. The van der Waals surface area contributed by atoms with Crippen molar-refractivity contribution in [2.75, 3.05) is 19.7 Å². The van der Waals surface area contributed by atoms with Crippen LogP contribution in [0.4, 0.5) is 5.69 Å². The Morgan fingerprint density at radius 3 is 2.74 bits per heavy atom. The third-order valence-corrected chi connectivity index (χ3v) is 6.76. The van der Waals surface area contributed by atoms with Crippen LogP contribution in [0.15, 0.2) is 48.5 Å². The van der Waals surface area contributed by atoms with E-state index in [1.165, 1.54) is 12.1 Å². The number of piperazine rings is 1. The molecule has 3 aromatic rings. The molecule has 5 rings (SSSR count). The molecule has 0 unspecified atom stereocenters. The number of carbonyl (C=O) groups is 2. The normalized spacial score (nSPS) is 19.9. The molecule has 182 valence electrons. The second-order valence-corrected chi connectivity index (χ2v) is 9.37. The lowest BCUT2D eigenvalue weighted by Gasteiger charge is -2.47. The SMILES string of the molecule is CC(C)OCCCN1CC(=O)N2[C@@H](c3cccc([N+](=O)[O-])c3)c3[nH]c4ccccc4c3C[C@H]2C1=O. The first-order valence-electron chi connectivity index (χ1n) is 11.9. The van der Waals surface area contributed by atoms with Crippen LogP contribution >= 0.6 is 0 Å². The summed E-state index contributed by atoms with van der Waals surface area (Å²) >= 11 is 0. The Kier molecular flexibility index (Phi) is 6.02. The number of hydrogen-bond acceptors (Lipinski definition) is 5. The van der Waals surface area contributed by atoms with Crippen molar-refractivity contribution in [2.24, 2.45) is 0 Å². The van der Waals surface area contributed by atoms with Gasteiger partial charge in [-0.05, 0) is 37.5 Å². The Balaban J connectivity index is 1.55. The number of hydrogen-bond donors (Lipinski definition) is 1. The summed E-state index contributed by atoms with van der Waals surface area (Å²) in [5, 5.41) is 12.5. The fraction of sp³-hybridized carbons (Fsp3) is 0.385. The van der Waals surface area contributed by atoms with E-state index < -0.39 is 17.0 Å². The van der Waals surface area contributed by atoms with Crippen LogP contribution in [0.2, 0.25) is 0 Å². The highest BCUT2D eigenvalue weighted by molar-refractivity contribution is 5.97. The molecule has 2 aliphatic heterocycles. The Bertz CT molecular complexity index is 1300. The minimum Gasteiger partial charge on any atom is -0.379 e. The number of aromatic amines is 1. The number of para-hydroxylation sites is 1. The third kappa shape index (κ3) is 4.16. The van der Waals surface area contributed by atoms with Gasteiger partial charge in [-0.15, -0.1) is 0 Å². The molecule has 1 aromatic heterocycles. The molecule has 1 fully saturated rings. The lowest BCUT2D eigenvalue weighted by Crippen LogP contribution is -2.63. The number of amides is 2. The van der Waals surface area contributed by atoms with E-state index >= 15 is 0 Å². The molecule has 9 heteroatoms. The molecule has 1 N–H and O–H groups in total. The minimum absolute atomic E-state index is 0.0159. The van der Waals surface area contributed by atoms with Gasteiger partial charge >= 0.3 is 0 Å². The number of nitrogens with one attached hydrogen (secondary N) is 1. The van der Waals surface area contributed by atoms with Crippen LogP contribution in [-0.4, -0.2) is 63.4 Å². The van der Waals surface area contributed by atoms with Crippen molar-refractivity contribution in [1.82, 2.24) is 14.8 Å². The van der Waals surface area contributed by atoms with Crippen molar-refractivity contribution in [1.29, 1.82) is 0 Å². The standard InChI is InChI=1S/C26H28N4O5/c1-16(2)35-12-6-11-28-15-23(31)29-22(26(28)32)14-20-19-9-3-4-10-21(19)27-24(20)25(29)17-7-5-8-18(13-17)30(33)34/h3-5,7-10,13,16,22,25,27H,6,11-12,14-15H2,1-2H3/t22-,25-/m0/s1. The molecule has 2 aliphatic rings. The van der Waals surface area contributed by atoms with E-state index in [4.69, 9.17) is 4.74 Å². The third-order valence-electron chi connectivity index (χ3n) is 6.76. The molecule has 9 nitrogen and oxygen atoms in total. The molecule has 1 saturated heterocycles. The number of H-pyrrole nitrogens is 1. The summed E-state index contributed by atoms with van der Waals surface area (Å²) in [6.45, 7) is 4.87. The second-order valence-electron chi connectivity index (χ2n) is 9.37. The van der Waals surface area contributed by atoms with E-state index in [9.17, 15) is 19.7 Å². The van der Waals surface area contributed by atoms with Gasteiger partial charge in [0, 0.05) is 48.3 Å². The van der Waals surface area contributed by atoms with Crippen LogP contribution in [0.5, 0.6) is 0 Å². The highest BCUT2D eigenvalue weighted by atomic mass is 16.6. The summed E-state index contributed by atoms with van der Waals surface area (Å²) in [7, 11) is 0. The minimum atomic E-state index is -0.668. The molecule has 0 spiro atoms. The predicted octanol–water partition coefficient (Wildman–Crippen LogP) is 3.58. The van der Waals surface area contributed by atoms with Gasteiger partial charge in [0.25, 0.3) is 5.69 Å². The van der Waals surface area contributed by atoms with Gasteiger partial charge in [0.2, 0.25) is 11.8 Å². The quantitative estimate of drug-likeness (QED) is 0.319. The number of rotatable bonds is 7. The topological polar surface area (TPSA) is 109 Å². The highest BCUT2D eigenvalue weighted by Crippen LogP contribution is 2.43.